The maximum absolute atomic E-state index is 12.1. The number of methoxy groups -OCH3 is 1. The van der Waals surface area contributed by atoms with Crippen LogP contribution >= 0.6 is 0 Å². The van der Waals surface area contributed by atoms with Gasteiger partial charge in [0.2, 0.25) is 0 Å². The monoisotopic (exact) mass is 369 g/mol. The number of aromatic nitrogens is 1. The van der Waals surface area contributed by atoms with Crippen molar-refractivity contribution in [3.05, 3.63) is 59.4 Å². The number of rotatable bonds is 6. The number of carbonyl (C=O) groups is 1. The highest BCUT2D eigenvalue weighted by atomic mass is 16.5. The first kappa shape index (κ1) is 19.3. The number of hydrogen-bond donors (Lipinski definition) is 1. The van der Waals surface area contributed by atoms with Gasteiger partial charge in [0.15, 0.2) is 0 Å². The summed E-state index contributed by atoms with van der Waals surface area (Å²) < 4.78 is 5.25. The summed E-state index contributed by atoms with van der Waals surface area (Å²) in [6.07, 6.45) is 4.62. The molecule has 0 amide bonds. The summed E-state index contributed by atoms with van der Waals surface area (Å²) in [6.45, 7) is 6.09. The molecule has 1 aromatic heterocycles. The van der Waals surface area contributed by atoms with Gasteiger partial charge < -0.3 is 9.84 Å². The van der Waals surface area contributed by atoms with E-state index in [1.54, 1.807) is 13.3 Å². The molecular formula is C21H27N3O3. The molecule has 1 aliphatic rings. The Bertz CT molecular complexity index is 767. The van der Waals surface area contributed by atoms with Crippen LogP contribution in [0.15, 0.2) is 42.7 Å². The van der Waals surface area contributed by atoms with Gasteiger partial charge in [-0.15, -0.1) is 0 Å². The summed E-state index contributed by atoms with van der Waals surface area (Å²) >= 11 is 0. The summed E-state index contributed by atoms with van der Waals surface area (Å²) in [5.41, 5.74) is 2.97. The zero-order chi connectivity index (χ0) is 19.2. The van der Waals surface area contributed by atoms with Gasteiger partial charge in [-0.05, 0) is 54.8 Å². The smallest absolute Gasteiger partial charge is 0.325 e. The molecular weight excluding hydrogens is 342 g/mol. The normalized spacial score (nSPS) is 17.3. The first-order valence-electron chi connectivity index (χ1n) is 9.31. The minimum atomic E-state index is -0.802. The number of pyridine rings is 1. The Hall–Kier alpha value is -2.44. The fourth-order valence-electron chi connectivity index (χ4n) is 3.72. The lowest BCUT2D eigenvalue weighted by atomic mass is 9.99. The maximum atomic E-state index is 12.1. The number of aryl methyl sites for hydroxylation is 1. The van der Waals surface area contributed by atoms with Crippen molar-refractivity contribution in [2.75, 3.05) is 33.3 Å². The molecule has 0 spiro atoms. The summed E-state index contributed by atoms with van der Waals surface area (Å²) in [4.78, 5) is 20.7. The molecule has 0 aliphatic carbocycles. The van der Waals surface area contributed by atoms with Crippen LogP contribution < -0.4 is 4.74 Å². The fraction of sp³-hybridized carbons (Fsp3) is 0.429. The third kappa shape index (κ3) is 4.84. The predicted octanol–water partition coefficient (Wildman–Crippen LogP) is 2.73. The van der Waals surface area contributed by atoms with Gasteiger partial charge in [0, 0.05) is 38.6 Å². The molecule has 0 bridgehead atoms. The number of ether oxygens (including phenoxy) is 1. The van der Waals surface area contributed by atoms with Crippen LogP contribution in [0.2, 0.25) is 0 Å². The van der Waals surface area contributed by atoms with Crippen molar-refractivity contribution in [1.29, 1.82) is 0 Å². The van der Waals surface area contributed by atoms with Gasteiger partial charge in [-0.1, -0.05) is 12.1 Å². The average Bonchev–Trinajstić information content (AvgIpc) is 2.89. The molecule has 144 valence electrons. The van der Waals surface area contributed by atoms with Crippen LogP contribution in [0.3, 0.4) is 0 Å². The minimum Gasteiger partial charge on any atom is -0.497 e. The predicted molar refractivity (Wildman–Crippen MR) is 104 cm³/mol. The van der Waals surface area contributed by atoms with E-state index in [1.165, 1.54) is 5.56 Å². The van der Waals surface area contributed by atoms with Gasteiger partial charge in [0.05, 0.1) is 7.11 Å². The third-order valence-electron chi connectivity index (χ3n) is 5.12. The molecule has 6 nitrogen and oxygen atoms in total. The Kier molecular flexibility index (Phi) is 6.42. The standard InChI is InChI=1S/C21H27N3O3/c1-16-13-18(27-2)6-7-19(16)20(21(25)26)24-10-4-9-23(11-12-24)15-17-5-3-8-22-14-17/h3,5-8,13-14,20H,4,9-12,15H2,1-2H3,(H,25,26). The largest absolute Gasteiger partial charge is 0.497 e. The van der Waals surface area contributed by atoms with Gasteiger partial charge >= 0.3 is 5.97 Å². The van der Waals surface area contributed by atoms with Crippen LogP contribution in [0.5, 0.6) is 5.75 Å². The van der Waals surface area contributed by atoms with Gasteiger partial charge in [-0.25, -0.2) is 0 Å². The van der Waals surface area contributed by atoms with E-state index in [4.69, 9.17) is 4.74 Å². The quantitative estimate of drug-likeness (QED) is 0.845. The fourth-order valence-corrected chi connectivity index (χ4v) is 3.72. The number of carboxylic acid groups (broad SMARTS) is 1. The van der Waals surface area contributed by atoms with E-state index >= 15 is 0 Å². The van der Waals surface area contributed by atoms with E-state index in [0.29, 0.717) is 0 Å². The molecule has 1 aliphatic heterocycles. The third-order valence-corrected chi connectivity index (χ3v) is 5.12. The van der Waals surface area contributed by atoms with E-state index in [1.807, 2.05) is 37.4 Å². The van der Waals surface area contributed by atoms with Crippen LogP contribution in [0.1, 0.15) is 29.2 Å². The lowest BCUT2D eigenvalue weighted by Crippen LogP contribution is -2.37. The lowest BCUT2D eigenvalue weighted by Gasteiger charge is -2.29. The molecule has 1 atom stereocenters. The second kappa shape index (κ2) is 8.97. The minimum absolute atomic E-state index is 0.630. The first-order valence-corrected chi connectivity index (χ1v) is 9.31. The molecule has 27 heavy (non-hydrogen) atoms. The molecule has 2 heterocycles. The molecule has 1 unspecified atom stereocenters. The number of nitrogens with zero attached hydrogens (tertiary/aromatic N) is 3. The molecule has 1 fully saturated rings. The van der Waals surface area contributed by atoms with Crippen molar-refractivity contribution in [2.24, 2.45) is 0 Å². The Morgan fingerprint density at radius 3 is 2.78 bits per heavy atom. The Morgan fingerprint density at radius 1 is 1.26 bits per heavy atom. The van der Waals surface area contributed by atoms with Gasteiger partial charge in [-0.2, -0.15) is 0 Å². The highest BCUT2D eigenvalue weighted by Gasteiger charge is 2.30. The first-order chi connectivity index (χ1) is 13.1. The second-order valence-electron chi connectivity index (χ2n) is 6.99. The average molecular weight is 369 g/mol. The van der Waals surface area contributed by atoms with Crippen molar-refractivity contribution in [3.8, 4) is 5.75 Å². The number of aliphatic carboxylic acids is 1. The van der Waals surface area contributed by atoms with Gasteiger partial charge in [-0.3, -0.25) is 19.6 Å². The Balaban J connectivity index is 1.72. The number of benzene rings is 1. The van der Waals surface area contributed by atoms with Gasteiger partial charge in [0.1, 0.15) is 11.8 Å². The van der Waals surface area contributed by atoms with Crippen molar-refractivity contribution >= 4 is 5.97 Å². The maximum Gasteiger partial charge on any atom is 0.325 e. The molecule has 3 rings (SSSR count). The van der Waals surface area contributed by atoms with Crippen LogP contribution in [-0.2, 0) is 11.3 Å². The molecule has 6 heteroatoms. The van der Waals surface area contributed by atoms with Crippen molar-refractivity contribution in [1.82, 2.24) is 14.8 Å². The van der Waals surface area contributed by atoms with Gasteiger partial charge in [0.25, 0.3) is 0 Å². The van der Waals surface area contributed by atoms with Crippen LogP contribution in [0.4, 0.5) is 0 Å². The zero-order valence-corrected chi connectivity index (χ0v) is 16.0. The molecule has 0 radical (unpaired) electrons. The molecule has 1 N–H and O–H groups in total. The zero-order valence-electron chi connectivity index (χ0n) is 16.0. The van der Waals surface area contributed by atoms with Crippen molar-refractivity contribution < 1.29 is 14.6 Å². The molecule has 2 aromatic rings. The van der Waals surface area contributed by atoms with E-state index < -0.39 is 12.0 Å². The van der Waals surface area contributed by atoms with Crippen LogP contribution in [-0.4, -0.2) is 59.1 Å². The number of carboxylic acids is 1. The summed E-state index contributed by atoms with van der Waals surface area (Å²) in [7, 11) is 1.62. The summed E-state index contributed by atoms with van der Waals surface area (Å²) in [5, 5.41) is 9.93. The van der Waals surface area contributed by atoms with E-state index in [2.05, 4.69) is 20.9 Å². The van der Waals surface area contributed by atoms with Crippen molar-refractivity contribution in [2.45, 2.75) is 25.9 Å². The number of hydrogen-bond acceptors (Lipinski definition) is 5. The van der Waals surface area contributed by atoms with Crippen LogP contribution in [0, 0.1) is 6.92 Å². The Labute approximate surface area is 160 Å². The second-order valence-corrected chi connectivity index (χ2v) is 6.99. The summed E-state index contributed by atoms with van der Waals surface area (Å²) in [6, 6.07) is 9.02. The molecule has 1 aromatic carbocycles. The Morgan fingerprint density at radius 2 is 2.11 bits per heavy atom. The highest BCUT2D eigenvalue weighted by molar-refractivity contribution is 5.76. The molecule has 1 saturated heterocycles. The van der Waals surface area contributed by atoms with Crippen LogP contribution in [0.25, 0.3) is 0 Å². The van der Waals surface area contributed by atoms with E-state index in [9.17, 15) is 9.90 Å². The van der Waals surface area contributed by atoms with E-state index in [0.717, 1.165) is 56.0 Å². The van der Waals surface area contributed by atoms with Crippen molar-refractivity contribution in [3.63, 3.8) is 0 Å². The lowest BCUT2D eigenvalue weighted by molar-refractivity contribution is -0.143. The highest BCUT2D eigenvalue weighted by Crippen LogP contribution is 2.28. The topological polar surface area (TPSA) is 65.9 Å². The SMILES string of the molecule is COc1ccc(C(C(=O)O)N2CCCN(Cc3cccnc3)CC2)c(C)c1. The van der Waals surface area contributed by atoms with E-state index in [-0.39, 0.29) is 0 Å². The molecule has 0 saturated carbocycles. The summed E-state index contributed by atoms with van der Waals surface area (Å²) in [5.74, 6) is -0.0529.